The third-order valence-electron chi connectivity index (χ3n) is 10.8. The number of unbranched alkanes of at least 4 members (excludes halogenated alkanes) is 1. The molecule has 0 radical (unpaired) electrons. The molecule has 1 heterocycles. The monoisotopic (exact) mass is 971 g/mol. The maximum absolute atomic E-state index is 14.5. The molecule has 0 spiro atoms. The molecule has 6 amide bonds. The topological polar surface area (TPSA) is 337 Å². The van der Waals surface area contributed by atoms with E-state index < -0.39 is 112 Å². The van der Waals surface area contributed by atoms with Gasteiger partial charge in [0, 0.05) is 39.4 Å². The molecule has 0 saturated carbocycles. The second kappa shape index (κ2) is 24.8. The van der Waals surface area contributed by atoms with Gasteiger partial charge in [0.05, 0.1) is 12.5 Å². The smallest absolute Gasteiger partial charge is 0.326 e. The predicted octanol–water partition coefficient (Wildman–Crippen LogP) is 0.656. The summed E-state index contributed by atoms with van der Waals surface area (Å²) < 4.78 is -2.54. The van der Waals surface area contributed by atoms with Crippen LogP contribution in [0.4, 0.5) is 0 Å². The first-order valence-corrected chi connectivity index (χ1v) is 22.6. The molecule has 3 aromatic rings. The Bertz CT molecular complexity index is 2220. The molecule has 22 heteroatoms. The highest BCUT2D eigenvalue weighted by atomic mass is 32.1. The van der Waals surface area contributed by atoms with Crippen molar-refractivity contribution in [2.24, 2.45) is 17.4 Å². The predicted molar refractivity (Wildman–Crippen MR) is 257 cm³/mol. The van der Waals surface area contributed by atoms with Crippen LogP contribution in [0.1, 0.15) is 78.4 Å². The molecule has 0 aliphatic rings. The summed E-state index contributed by atoms with van der Waals surface area (Å²) in [6.45, 7) is 9.57. The summed E-state index contributed by atoms with van der Waals surface area (Å²) >= 11 is 9.05. The zero-order valence-corrected chi connectivity index (χ0v) is 40.2. The largest absolute Gasteiger partial charge is 0.508 e. The Morgan fingerprint density at radius 1 is 0.672 bits per heavy atom. The average Bonchev–Trinajstić information content (AvgIpc) is 3.64. The minimum atomic E-state index is -1.51. The quantitative estimate of drug-likeness (QED) is 0.0389. The van der Waals surface area contributed by atoms with Crippen LogP contribution in [0.3, 0.4) is 0 Å². The highest BCUT2D eigenvalue weighted by Gasteiger charge is 2.40. The van der Waals surface area contributed by atoms with E-state index in [-0.39, 0.29) is 31.6 Å². The first-order chi connectivity index (χ1) is 31.2. The molecule has 1 aromatic heterocycles. The van der Waals surface area contributed by atoms with Crippen molar-refractivity contribution in [3.8, 4) is 5.75 Å². The van der Waals surface area contributed by atoms with Crippen LogP contribution in [-0.4, -0.2) is 126 Å². The number of aromatic hydroxyl groups is 1. The third kappa shape index (κ3) is 17.1. The van der Waals surface area contributed by atoms with Crippen LogP contribution >= 0.6 is 25.3 Å². The van der Waals surface area contributed by atoms with Gasteiger partial charge in [-0.25, -0.2) is 4.79 Å². The number of carbonyl (C=O) groups excluding carboxylic acids is 6. The zero-order chi connectivity index (χ0) is 50.4. The average molecular weight is 972 g/mol. The molecule has 67 heavy (non-hydrogen) atoms. The van der Waals surface area contributed by atoms with Crippen LogP contribution in [0, 0.1) is 5.92 Å². The van der Waals surface area contributed by atoms with Crippen molar-refractivity contribution in [2.75, 3.05) is 6.54 Å². The van der Waals surface area contributed by atoms with Gasteiger partial charge in [-0.1, -0.05) is 44.2 Å². The fourth-order valence-electron chi connectivity index (χ4n) is 7.02. The number of nitrogens with one attached hydrogen (secondary N) is 7. The molecule has 0 unspecified atom stereocenters. The van der Waals surface area contributed by atoms with Gasteiger partial charge in [0.2, 0.25) is 35.4 Å². The normalized spacial score (nSPS) is 14.9. The van der Waals surface area contributed by atoms with Crippen molar-refractivity contribution < 1.29 is 53.7 Å². The molecule has 0 aliphatic heterocycles. The highest BCUT2D eigenvalue weighted by molar-refractivity contribution is 7.82. The summed E-state index contributed by atoms with van der Waals surface area (Å²) in [6, 6.07) is 3.17. The van der Waals surface area contributed by atoms with Gasteiger partial charge < -0.3 is 63.7 Å². The molecule has 0 saturated heterocycles. The maximum Gasteiger partial charge on any atom is 0.326 e. The van der Waals surface area contributed by atoms with E-state index in [1.165, 1.54) is 52.0 Å². The van der Waals surface area contributed by atoms with Crippen molar-refractivity contribution in [1.82, 2.24) is 36.9 Å². The lowest BCUT2D eigenvalue weighted by atomic mass is 9.98. The fourth-order valence-corrected chi connectivity index (χ4v) is 7.38. The summed E-state index contributed by atoms with van der Waals surface area (Å²) in [4.78, 5) is 110. The van der Waals surface area contributed by atoms with Gasteiger partial charge >= 0.3 is 11.9 Å². The van der Waals surface area contributed by atoms with Crippen molar-refractivity contribution in [3.63, 3.8) is 0 Å². The van der Waals surface area contributed by atoms with Crippen molar-refractivity contribution >= 4 is 83.5 Å². The summed E-state index contributed by atoms with van der Waals surface area (Å²) in [5, 5.41) is 45.3. The number of phenols is 1. The van der Waals surface area contributed by atoms with Gasteiger partial charge in [-0.2, -0.15) is 25.3 Å². The van der Waals surface area contributed by atoms with Crippen LogP contribution < -0.4 is 43.4 Å². The highest BCUT2D eigenvalue weighted by Crippen LogP contribution is 2.23. The number of carboxylic acids is 2. The number of rotatable bonds is 26. The lowest BCUT2D eigenvalue weighted by Crippen LogP contribution is -2.63. The number of fused-ring (bicyclic) bond motifs is 1. The number of carboxylic acid groups (broad SMARTS) is 2. The first kappa shape index (κ1) is 55.5. The Kier molecular flexibility index (Phi) is 20.5. The van der Waals surface area contributed by atoms with E-state index in [2.05, 4.69) is 62.1 Å². The Balaban J connectivity index is 2.03. The fraction of sp³-hybridized carbons (Fsp3) is 0.511. The van der Waals surface area contributed by atoms with Gasteiger partial charge in [-0.3, -0.25) is 33.6 Å². The van der Waals surface area contributed by atoms with Crippen LogP contribution in [0.5, 0.6) is 5.75 Å². The van der Waals surface area contributed by atoms with E-state index >= 15 is 0 Å². The Morgan fingerprint density at radius 3 is 1.73 bits per heavy atom. The molecule has 0 fully saturated rings. The summed E-state index contributed by atoms with van der Waals surface area (Å²) in [5.41, 5.74) is 13.4. The van der Waals surface area contributed by atoms with Gasteiger partial charge in [-0.05, 0) is 88.7 Å². The summed E-state index contributed by atoms with van der Waals surface area (Å²) in [6.07, 6.45) is 1.42. The first-order valence-electron chi connectivity index (χ1n) is 21.7. The third-order valence-corrected chi connectivity index (χ3v) is 11.3. The molecule has 368 valence electrons. The number of hydrogen-bond acceptors (Lipinski definition) is 13. The second-order valence-electron chi connectivity index (χ2n) is 17.9. The number of benzene rings is 2. The second-order valence-corrected chi connectivity index (χ2v) is 20.2. The number of H-pyrrole nitrogens is 1. The van der Waals surface area contributed by atoms with E-state index in [4.69, 9.17) is 11.5 Å². The number of hydrogen-bond donors (Lipinski definition) is 14. The van der Waals surface area contributed by atoms with Gasteiger partial charge in [0.25, 0.3) is 0 Å². The van der Waals surface area contributed by atoms with Gasteiger partial charge in [0.15, 0.2) is 0 Å². The number of aromatic amines is 1. The van der Waals surface area contributed by atoms with E-state index in [9.17, 15) is 53.7 Å². The zero-order valence-electron chi connectivity index (χ0n) is 38.4. The van der Waals surface area contributed by atoms with Crippen LogP contribution in [-0.2, 0) is 51.2 Å². The van der Waals surface area contributed by atoms with Crippen LogP contribution in [0.25, 0.3) is 10.9 Å². The molecule has 0 aliphatic carbocycles. The van der Waals surface area contributed by atoms with Crippen LogP contribution in [0.15, 0.2) is 54.7 Å². The molecule has 20 nitrogen and oxygen atoms in total. The molecule has 0 bridgehead atoms. The molecule has 2 aromatic carbocycles. The number of amides is 6. The standard InChI is InChI=1S/C45H65N9O11S2/c1-23(2)34(43(64)65)52-42(63)36(45(5,6)67)54-40(61)31(19-24-14-16-26(55)17-15-24)50-38(59)30(13-9-10-18-46)49-39(60)32(20-25-22-48-29-12-8-7-11-27(25)29)51-41(62)35(44(3,4)66)53-37(58)28(47)21-33(56)57/h7-8,11-12,14-17,22-23,28,30-32,34-36,48,55,66-67H,9-10,13,18-21,46-47H2,1-6H3,(H,49,60)(H,50,59)(H,51,62)(H,52,63)(H,53,58)(H,54,61)(H,56,57)(H,64,65)/t28-,30-,31-,32-,34-,35+,36+/m0/s1. The number of thiol groups is 2. The minimum absolute atomic E-state index is 0.0143. The number of nitrogens with two attached hydrogens (primary N) is 2. The Labute approximate surface area is 400 Å². The number of para-hydroxylation sites is 1. The number of aliphatic carboxylic acids is 2. The summed E-state index contributed by atoms with van der Waals surface area (Å²) in [5.74, 6) is -8.39. The van der Waals surface area contributed by atoms with Crippen molar-refractivity contribution in [3.05, 3.63) is 65.9 Å². The lowest BCUT2D eigenvalue weighted by Gasteiger charge is -2.33. The van der Waals surface area contributed by atoms with Gasteiger partial charge in [0.1, 0.15) is 42.0 Å². The number of phenolic OH excluding ortho intramolecular Hbond substituents is 1. The number of aromatic nitrogens is 1. The van der Waals surface area contributed by atoms with Crippen molar-refractivity contribution in [2.45, 2.75) is 132 Å². The SMILES string of the molecule is CC(C)[C@H](NC(=O)[C@@H](NC(=O)[C@H](Cc1ccc(O)cc1)NC(=O)[C@H](CCCCN)NC(=O)[C@H](Cc1c[nH]c2ccccc12)NC(=O)[C@@H](NC(=O)[C@@H](N)CC(=O)O)C(C)(C)S)C(C)(C)S)C(=O)O. The lowest BCUT2D eigenvalue weighted by molar-refractivity contribution is -0.143. The molecule has 3 rings (SSSR count). The number of carbonyl (C=O) groups is 8. The van der Waals surface area contributed by atoms with Crippen molar-refractivity contribution in [1.29, 1.82) is 0 Å². The van der Waals surface area contributed by atoms with E-state index in [0.29, 0.717) is 24.0 Å². The van der Waals surface area contributed by atoms with Gasteiger partial charge in [-0.15, -0.1) is 0 Å². The Hall–Kier alpha value is -5.84. The van der Waals surface area contributed by atoms with E-state index in [0.717, 1.165) is 10.9 Å². The molecular weight excluding hydrogens is 907 g/mol. The maximum atomic E-state index is 14.5. The Morgan fingerprint density at radius 2 is 1.18 bits per heavy atom. The molecule has 7 atom stereocenters. The van der Waals surface area contributed by atoms with E-state index in [1.54, 1.807) is 32.2 Å². The molecule has 14 N–H and O–H groups in total. The molecular formula is C45H65N9O11S2. The van der Waals surface area contributed by atoms with Crippen LogP contribution in [0.2, 0.25) is 0 Å². The minimum Gasteiger partial charge on any atom is -0.508 e. The van der Waals surface area contributed by atoms with E-state index in [1.807, 2.05) is 12.1 Å². The summed E-state index contributed by atoms with van der Waals surface area (Å²) in [7, 11) is 0.